The lowest BCUT2D eigenvalue weighted by molar-refractivity contribution is 0.0881. The summed E-state index contributed by atoms with van der Waals surface area (Å²) >= 11 is 6.27. The molecule has 1 aliphatic carbocycles. The number of hydrogen-bond acceptors (Lipinski definition) is 6. The van der Waals surface area contributed by atoms with Crippen LogP contribution in [0.2, 0.25) is 5.02 Å². The van der Waals surface area contributed by atoms with Gasteiger partial charge in [0.2, 0.25) is 0 Å². The summed E-state index contributed by atoms with van der Waals surface area (Å²) in [6.45, 7) is 0. The Hall–Kier alpha value is -3.25. The first-order chi connectivity index (χ1) is 15.4. The Balaban J connectivity index is 1.95. The zero-order valence-electron chi connectivity index (χ0n) is 18.4. The van der Waals surface area contributed by atoms with Gasteiger partial charge in [0.05, 0.1) is 39.4 Å². The first-order valence-corrected chi connectivity index (χ1v) is 10.4. The van der Waals surface area contributed by atoms with Gasteiger partial charge in [-0.25, -0.2) is 0 Å². The monoisotopic (exact) mass is 456 g/mol. The normalized spacial score (nSPS) is 17.7. The summed E-state index contributed by atoms with van der Waals surface area (Å²) in [5, 5.41) is 0.358. The van der Waals surface area contributed by atoms with Gasteiger partial charge in [0.1, 0.15) is 0 Å². The van der Waals surface area contributed by atoms with Crippen molar-refractivity contribution in [1.82, 2.24) is 0 Å². The van der Waals surface area contributed by atoms with Crippen LogP contribution in [0.15, 0.2) is 66.1 Å². The van der Waals surface area contributed by atoms with E-state index in [1.807, 2.05) is 0 Å². The van der Waals surface area contributed by atoms with E-state index in [4.69, 9.17) is 30.5 Å². The number of rotatable bonds is 9. The molecule has 0 N–H and O–H groups in total. The summed E-state index contributed by atoms with van der Waals surface area (Å²) in [6.07, 6.45) is 3.53. The van der Waals surface area contributed by atoms with Crippen molar-refractivity contribution in [1.29, 1.82) is 0 Å². The van der Waals surface area contributed by atoms with Gasteiger partial charge in [-0.2, -0.15) is 0 Å². The number of carbonyl (C=O) groups excluding carboxylic acids is 2. The van der Waals surface area contributed by atoms with Crippen LogP contribution in [0.5, 0.6) is 11.5 Å². The van der Waals surface area contributed by atoms with Gasteiger partial charge in [-0.15, -0.1) is 0 Å². The highest BCUT2D eigenvalue weighted by molar-refractivity contribution is 6.34. The fourth-order valence-electron chi connectivity index (χ4n) is 3.72. The highest BCUT2D eigenvalue weighted by Gasteiger charge is 2.34. The van der Waals surface area contributed by atoms with Gasteiger partial charge in [0.25, 0.3) is 0 Å². The average Bonchev–Trinajstić information content (AvgIpc) is 2.83. The summed E-state index contributed by atoms with van der Waals surface area (Å²) in [4.78, 5) is 26.5. The fraction of sp³-hybridized carbons (Fsp3) is 0.280. The van der Waals surface area contributed by atoms with Gasteiger partial charge in [-0.05, 0) is 42.5 Å². The lowest BCUT2D eigenvalue weighted by atomic mass is 9.78. The third kappa shape index (κ3) is 4.81. The fourth-order valence-corrected chi connectivity index (χ4v) is 3.95. The van der Waals surface area contributed by atoms with Crippen molar-refractivity contribution in [2.75, 3.05) is 28.4 Å². The molecule has 168 valence electrons. The molecule has 2 aromatic rings. The molecule has 0 spiro atoms. The van der Waals surface area contributed by atoms with Crippen LogP contribution in [0.25, 0.3) is 0 Å². The molecule has 0 radical (unpaired) electrons. The van der Waals surface area contributed by atoms with E-state index < -0.39 is 11.8 Å². The number of benzene rings is 2. The van der Waals surface area contributed by atoms with Gasteiger partial charge < -0.3 is 18.9 Å². The Bertz CT molecular complexity index is 1070. The summed E-state index contributed by atoms with van der Waals surface area (Å²) in [5.74, 6) is 0.466. The maximum atomic E-state index is 13.4. The van der Waals surface area contributed by atoms with E-state index in [2.05, 4.69) is 0 Å². The molecular formula is C25H25ClO6. The van der Waals surface area contributed by atoms with E-state index in [0.717, 1.165) is 0 Å². The Kier molecular flexibility index (Phi) is 7.59. The predicted molar refractivity (Wildman–Crippen MR) is 121 cm³/mol. The van der Waals surface area contributed by atoms with Crippen molar-refractivity contribution < 1.29 is 28.5 Å². The zero-order chi connectivity index (χ0) is 23.3. The molecule has 3 rings (SSSR count). The van der Waals surface area contributed by atoms with Crippen LogP contribution in [0.4, 0.5) is 0 Å². The smallest absolute Gasteiger partial charge is 0.171 e. The van der Waals surface area contributed by atoms with E-state index in [-0.39, 0.29) is 18.0 Å². The number of ether oxygens (including phenoxy) is 4. The van der Waals surface area contributed by atoms with Crippen molar-refractivity contribution in [3.8, 4) is 11.5 Å². The SMILES string of the molecule is COC1=C[C@H](C(=O)c2ccccc2Cl)[C@H](CC(=O)c2ccc(OC)c(OC)c2)C=C1OC. The Morgan fingerprint density at radius 2 is 1.50 bits per heavy atom. The van der Waals surface area contributed by atoms with Crippen molar-refractivity contribution in [3.05, 3.63) is 82.3 Å². The maximum Gasteiger partial charge on any atom is 0.171 e. The lowest BCUT2D eigenvalue weighted by Gasteiger charge is -2.27. The second-order valence-electron chi connectivity index (χ2n) is 7.20. The number of methoxy groups -OCH3 is 4. The van der Waals surface area contributed by atoms with Crippen LogP contribution in [-0.2, 0) is 9.47 Å². The molecule has 2 atom stereocenters. The molecule has 2 aromatic carbocycles. The first kappa shape index (κ1) is 23.4. The molecular weight excluding hydrogens is 432 g/mol. The van der Waals surface area contributed by atoms with Crippen LogP contribution in [0, 0.1) is 11.8 Å². The number of halogens is 1. The second kappa shape index (κ2) is 10.4. The molecule has 0 fully saturated rings. The van der Waals surface area contributed by atoms with Crippen molar-refractivity contribution in [3.63, 3.8) is 0 Å². The molecule has 6 nitrogen and oxygen atoms in total. The Labute approximate surface area is 192 Å². The number of Topliss-reactive ketones (excluding diaryl/α,β-unsaturated/α-hetero) is 2. The molecule has 7 heteroatoms. The Morgan fingerprint density at radius 3 is 2.12 bits per heavy atom. The molecule has 0 aliphatic heterocycles. The third-order valence-electron chi connectivity index (χ3n) is 5.41. The van der Waals surface area contributed by atoms with Crippen LogP contribution in [-0.4, -0.2) is 40.0 Å². The minimum atomic E-state index is -0.646. The minimum absolute atomic E-state index is 0.0801. The summed E-state index contributed by atoms with van der Waals surface area (Å²) in [6, 6.07) is 11.8. The van der Waals surface area contributed by atoms with Gasteiger partial charge >= 0.3 is 0 Å². The molecule has 0 saturated heterocycles. The predicted octanol–water partition coefficient (Wildman–Crippen LogP) is 5.12. The van der Waals surface area contributed by atoms with Crippen LogP contribution in [0.1, 0.15) is 27.1 Å². The highest BCUT2D eigenvalue weighted by atomic mass is 35.5. The quantitative estimate of drug-likeness (QED) is 0.488. The van der Waals surface area contributed by atoms with Crippen LogP contribution in [0.3, 0.4) is 0 Å². The van der Waals surface area contributed by atoms with Crippen molar-refractivity contribution in [2.45, 2.75) is 6.42 Å². The lowest BCUT2D eigenvalue weighted by Crippen LogP contribution is -2.27. The van der Waals surface area contributed by atoms with E-state index in [1.165, 1.54) is 28.4 Å². The molecule has 0 saturated carbocycles. The molecule has 0 heterocycles. The van der Waals surface area contributed by atoms with E-state index in [1.54, 1.807) is 54.6 Å². The molecule has 0 amide bonds. The largest absolute Gasteiger partial charge is 0.493 e. The molecule has 0 unspecified atom stereocenters. The first-order valence-electron chi connectivity index (χ1n) is 9.99. The van der Waals surface area contributed by atoms with E-state index in [9.17, 15) is 9.59 Å². The van der Waals surface area contributed by atoms with Gasteiger partial charge in [-0.3, -0.25) is 9.59 Å². The Morgan fingerprint density at radius 1 is 0.844 bits per heavy atom. The third-order valence-corrected chi connectivity index (χ3v) is 5.74. The molecule has 0 bridgehead atoms. The number of carbonyl (C=O) groups is 2. The number of allylic oxidation sites excluding steroid dienone is 2. The molecule has 32 heavy (non-hydrogen) atoms. The van der Waals surface area contributed by atoms with Crippen LogP contribution < -0.4 is 9.47 Å². The molecule has 1 aliphatic rings. The summed E-state index contributed by atoms with van der Waals surface area (Å²) in [5.41, 5.74) is 0.851. The van der Waals surface area contributed by atoms with E-state index >= 15 is 0 Å². The number of hydrogen-bond donors (Lipinski definition) is 0. The summed E-state index contributed by atoms with van der Waals surface area (Å²) in [7, 11) is 6.06. The molecule has 0 aromatic heterocycles. The number of ketones is 2. The van der Waals surface area contributed by atoms with Gasteiger partial charge in [0.15, 0.2) is 34.6 Å². The average molecular weight is 457 g/mol. The standard InChI is InChI=1S/C25H25ClO6/c1-29-21-10-9-15(12-22(21)30-2)20(27)11-16-13-23(31-3)24(32-4)14-18(16)25(28)17-7-5-6-8-19(17)26/h5-10,12-14,16,18H,11H2,1-4H3/t16-,18+/m1/s1. The topological polar surface area (TPSA) is 71.1 Å². The van der Waals surface area contributed by atoms with Crippen LogP contribution >= 0.6 is 11.6 Å². The van der Waals surface area contributed by atoms with Gasteiger partial charge in [-0.1, -0.05) is 23.7 Å². The minimum Gasteiger partial charge on any atom is -0.493 e. The van der Waals surface area contributed by atoms with E-state index in [0.29, 0.717) is 39.2 Å². The van der Waals surface area contributed by atoms with Crippen molar-refractivity contribution >= 4 is 23.2 Å². The zero-order valence-corrected chi connectivity index (χ0v) is 19.1. The second-order valence-corrected chi connectivity index (χ2v) is 7.61. The van der Waals surface area contributed by atoms with Crippen molar-refractivity contribution in [2.24, 2.45) is 11.8 Å². The summed E-state index contributed by atoms with van der Waals surface area (Å²) < 4.78 is 21.4. The van der Waals surface area contributed by atoms with Gasteiger partial charge in [0, 0.05) is 23.5 Å². The maximum absolute atomic E-state index is 13.4. The highest BCUT2D eigenvalue weighted by Crippen LogP contribution is 2.36.